The molecule has 0 radical (unpaired) electrons. The SMILES string of the molecule is CNc1nc(C)c([N+](=O)[O-])c(Oc2ccccc2I)n1. The molecule has 0 aliphatic carbocycles. The Morgan fingerprint density at radius 3 is 2.65 bits per heavy atom. The summed E-state index contributed by atoms with van der Waals surface area (Å²) in [5.41, 5.74) is 0.0129. The van der Waals surface area contributed by atoms with E-state index in [-0.39, 0.29) is 23.2 Å². The summed E-state index contributed by atoms with van der Waals surface area (Å²) in [5, 5.41) is 13.9. The molecule has 0 aliphatic heterocycles. The van der Waals surface area contributed by atoms with Crippen LogP contribution in [0.25, 0.3) is 0 Å². The summed E-state index contributed by atoms with van der Waals surface area (Å²) in [5.74, 6) is 0.710. The zero-order valence-electron chi connectivity index (χ0n) is 10.8. The average molecular weight is 386 g/mol. The zero-order valence-corrected chi connectivity index (χ0v) is 12.9. The van der Waals surface area contributed by atoms with E-state index in [4.69, 9.17) is 4.74 Å². The molecule has 104 valence electrons. The molecule has 0 saturated carbocycles. The predicted octanol–water partition coefficient (Wildman–Crippen LogP) is 3.13. The van der Waals surface area contributed by atoms with Crippen LogP contribution in [-0.2, 0) is 0 Å². The maximum atomic E-state index is 11.1. The predicted molar refractivity (Wildman–Crippen MR) is 82.2 cm³/mol. The summed E-state index contributed by atoms with van der Waals surface area (Å²) >= 11 is 2.09. The average Bonchev–Trinajstić information content (AvgIpc) is 2.40. The van der Waals surface area contributed by atoms with Crippen molar-refractivity contribution in [2.45, 2.75) is 6.92 Å². The maximum Gasteiger partial charge on any atom is 0.352 e. The zero-order chi connectivity index (χ0) is 14.7. The minimum atomic E-state index is -0.542. The number of aromatic nitrogens is 2. The number of nitrogens with one attached hydrogen (secondary N) is 1. The second-order valence-corrected chi connectivity index (χ2v) is 4.99. The summed E-state index contributed by atoms with van der Waals surface area (Å²) in [6.07, 6.45) is 0. The molecule has 20 heavy (non-hydrogen) atoms. The van der Waals surface area contributed by atoms with Crippen LogP contribution in [0, 0.1) is 20.6 Å². The van der Waals surface area contributed by atoms with Crippen molar-refractivity contribution in [2.24, 2.45) is 0 Å². The highest BCUT2D eigenvalue weighted by atomic mass is 127. The van der Waals surface area contributed by atoms with E-state index in [1.165, 1.54) is 0 Å². The lowest BCUT2D eigenvalue weighted by molar-refractivity contribution is -0.386. The van der Waals surface area contributed by atoms with Crippen LogP contribution in [0.15, 0.2) is 24.3 Å². The summed E-state index contributed by atoms with van der Waals surface area (Å²) in [6, 6.07) is 7.21. The number of aryl methyl sites for hydroxylation is 1. The van der Waals surface area contributed by atoms with Crippen molar-refractivity contribution in [3.63, 3.8) is 0 Å². The van der Waals surface area contributed by atoms with Crippen LogP contribution in [0.3, 0.4) is 0 Å². The van der Waals surface area contributed by atoms with Gasteiger partial charge in [-0.2, -0.15) is 4.98 Å². The first-order chi connectivity index (χ1) is 9.52. The molecule has 1 heterocycles. The number of nitro groups is 1. The van der Waals surface area contributed by atoms with Crippen LogP contribution in [-0.4, -0.2) is 21.9 Å². The third-order valence-corrected chi connectivity index (χ3v) is 3.37. The van der Waals surface area contributed by atoms with Crippen LogP contribution >= 0.6 is 22.6 Å². The first kappa shape index (κ1) is 14.4. The molecule has 0 saturated heterocycles. The number of benzene rings is 1. The molecule has 1 N–H and O–H groups in total. The summed E-state index contributed by atoms with van der Waals surface area (Å²) in [7, 11) is 1.64. The minimum Gasteiger partial charge on any atom is -0.432 e. The summed E-state index contributed by atoms with van der Waals surface area (Å²) in [4.78, 5) is 18.6. The molecule has 0 aliphatic rings. The normalized spacial score (nSPS) is 10.2. The van der Waals surface area contributed by atoms with Crippen LogP contribution < -0.4 is 10.1 Å². The number of anilines is 1. The molecule has 1 aromatic carbocycles. The molecule has 2 aromatic rings. The van der Waals surface area contributed by atoms with Crippen molar-refractivity contribution in [2.75, 3.05) is 12.4 Å². The molecule has 7 nitrogen and oxygen atoms in total. The number of ether oxygens (including phenoxy) is 1. The second-order valence-electron chi connectivity index (χ2n) is 3.83. The number of rotatable bonds is 4. The van der Waals surface area contributed by atoms with Crippen molar-refractivity contribution < 1.29 is 9.66 Å². The van der Waals surface area contributed by atoms with Gasteiger partial charge in [-0.3, -0.25) is 10.1 Å². The van der Waals surface area contributed by atoms with Gasteiger partial charge in [0.1, 0.15) is 11.4 Å². The van der Waals surface area contributed by atoms with Gasteiger partial charge in [-0.05, 0) is 41.6 Å². The highest BCUT2D eigenvalue weighted by Gasteiger charge is 2.24. The van der Waals surface area contributed by atoms with Gasteiger partial charge in [-0.25, -0.2) is 4.98 Å². The van der Waals surface area contributed by atoms with E-state index in [1.807, 2.05) is 12.1 Å². The van der Waals surface area contributed by atoms with Crippen molar-refractivity contribution in [1.29, 1.82) is 0 Å². The standard InChI is InChI=1S/C12H11IN4O3/c1-7-10(17(18)19)11(16-12(14-2)15-7)20-9-6-4-3-5-8(9)13/h3-6H,1-2H3,(H,14,15,16). The van der Waals surface area contributed by atoms with E-state index in [0.29, 0.717) is 5.75 Å². The van der Waals surface area contributed by atoms with E-state index in [0.717, 1.165) is 3.57 Å². The monoisotopic (exact) mass is 386 g/mol. The van der Waals surface area contributed by atoms with Crippen molar-refractivity contribution in [3.8, 4) is 11.6 Å². The third-order valence-electron chi connectivity index (χ3n) is 2.48. The van der Waals surface area contributed by atoms with Gasteiger partial charge in [0.05, 0.1) is 8.49 Å². The Hall–Kier alpha value is -1.97. The van der Waals surface area contributed by atoms with E-state index in [1.54, 1.807) is 26.1 Å². The molecule has 0 fully saturated rings. The van der Waals surface area contributed by atoms with Gasteiger partial charge in [0.25, 0.3) is 0 Å². The van der Waals surface area contributed by atoms with Gasteiger partial charge < -0.3 is 10.1 Å². The first-order valence-electron chi connectivity index (χ1n) is 5.66. The van der Waals surface area contributed by atoms with Crippen molar-refractivity contribution >= 4 is 34.2 Å². The van der Waals surface area contributed by atoms with E-state index >= 15 is 0 Å². The number of nitrogens with zero attached hydrogens (tertiary/aromatic N) is 3. The fraction of sp³-hybridized carbons (Fsp3) is 0.167. The molecule has 2 rings (SSSR count). The number of halogens is 1. The molecule has 1 aromatic heterocycles. The van der Waals surface area contributed by atoms with Gasteiger partial charge in [0, 0.05) is 7.05 Å². The topological polar surface area (TPSA) is 90.2 Å². The highest BCUT2D eigenvalue weighted by Crippen LogP contribution is 2.34. The number of hydrogen-bond donors (Lipinski definition) is 1. The van der Waals surface area contributed by atoms with Crippen LogP contribution in [0.5, 0.6) is 11.6 Å². The minimum absolute atomic E-state index is 0.0732. The Balaban J connectivity index is 2.52. The van der Waals surface area contributed by atoms with Crippen LogP contribution in [0.2, 0.25) is 0 Å². The quantitative estimate of drug-likeness (QED) is 0.493. The summed E-state index contributed by atoms with van der Waals surface area (Å²) in [6.45, 7) is 1.55. The first-order valence-corrected chi connectivity index (χ1v) is 6.74. The molecular formula is C12H11IN4O3. The van der Waals surface area contributed by atoms with E-state index in [2.05, 4.69) is 37.9 Å². The van der Waals surface area contributed by atoms with Gasteiger partial charge >= 0.3 is 11.6 Å². The number of para-hydroxylation sites is 1. The van der Waals surface area contributed by atoms with E-state index < -0.39 is 4.92 Å². The lowest BCUT2D eigenvalue weighted by Gasteiger charge is -2.09. The molecule has 0 atom stereocenters. The maximum absolute atomic E-state index is 11.1. The van der Waals surface area contributed by atoms with Crippen LogP contribution in [0.4, 0.5) is 11.6 Å². The molecule has 8 heteroatoms. The highest BCUT2D eigenvalue weighted by molar-refractivity contribution is 14.1. The Bertz CT molecular complexity index is 663. The Labute approximate surface area is 128 Å². The Morgan fingerprint density at radius 1 is 1.35 bits per heavy atom. The molecular weight excluding hydrogens is 375 g/mol. The Kier molecular flexibility index (Phi) is 4.32. The van der Waals surface area contributed by atoms with Gasteiger partial charge in [-0.15, -0.1) is 0 Å². The Morgan fingerprint density at radius 2 is 2.05 bits per heavy atom. The molecule has 0 bridgehead atoms. The van der Waals surface area contributed by atoms with E-state index in [9.17, 15) is 10.1 Å². The van der Waals surface area contributed by atoms with Crippen molar-refractivity contribution in [1.82, 2.24) is 9.97 Å². The van der Waals surface area contributed by atoms with Gasteiger partial charge in [-0.1, -0.05) is 12.1 Å². The lowest BCUT2D eigenvalue weighted by atomic mass is 10.3. The molecule has 0 amide bonds. The smallest absolute Gasteiger partial charge is 0.352 e. The second kappa shape index (κ2) is 5.99. The fourth-order valence-corrected chi connectivity index (χ4v) is 2.06. The largest absolute Gasteiger partial charge is 0.432 e. The third kappa shape index (κ3) is 2.95. The summed E-state index contributed by atoms with van der Waals surface area (Å²) < 4.78 is 6.42. The van der Waals surface area contributed by atoms with Crippen molar-refractivity contribution in [3.05, 3.63) is 43.6 Å². The molecule has 0 unspecified atom stereocenters. The van der Waals surface area contributed by atoms with Gasteiger partial charge in [0.15, 0.2) is 0 Å². The fourth-order valence-electron chi connectivity index (χ4n) is 1.57. The lowest BCUT2D eigenvalue weighted by Crippen LogP contribution is -2.05. The van der Waals surface area contributed by atoms with Crippen LogP contribution in [0.1, 0.15) is 5.69 Å². The van der Waals surface area contributed by atoms with Gasteiger partial charge in [0.2, 0.25) is 5.95 Å². The molecule has 0 spiro atoms. The number of hydrogen-bond acceptors (Lipinski definition) is 6.